The fourth-order valence-electron chi connectivity index (χ4n) is 2.86. The van der Waals surface area contributed by atoms with Gasteiger partial charge in [-0.2, -0.15) is 0 Å². The molecular weight excluding hydrogens is 359 g/mol. The highest BCUT2D eigenvalue weighted by molar-refractivity contribution is 6.43. The second kappa shape index (κ2) is 7.00. The molecule has 25 heavy (non-hydrogen) atoms. The number of aromatic nitrogens is 1. The van der Waals surface area contributed by atoms with Crippen LogP contribution in [0, 0.1) is 0 Å². The van der Waals surface area contributed by atoms with Gasteiger partial charge in [0.25, 0.3) is 0 Å². The molecule has 2 heterocycles. The number of nitrogens with one attached hydrogen (secondary N) is 1. The van der Waals surface area contributed by atoms with E-state index in [2.05, 4.69) is 11.4 Å². The number of rotatable bonds is 5. The second-order valence-electron chi connectivity index (χ2n) is 5.73. The summed E-state index contributed by atoms with van der Waals surface area (Å²) in [6.07, 6.45) is 1.98. The Hall–Kier alpha value is -2.14. The molecule has 0 aliphatic carbocycles. The zero-order valence-corrected chi connectivity index (χ0v) is 14.8. The van der Waals surface area contributed by atoms with E-state index < -0.39 is 0 Å². The van der Waals surface area contributed by atoms with Crippen LogP contribution in [-0.2, 0) is 13.1 Å². The molecule has 1 aromatic heterocycles. The molecule has 0 fully saturated rings. The Bertz CT molecular complexity index is 908. The highest BCUT2D eigenvalue weighted by Crippen LogP contribution is 2.32. The molecule has 4 nitrogen and oxygen atoms in total. The van der Waals surface area contributed by atoms with E-state index in [4.69, 9.17) is 32.7 Å². The average molecular weight is 375 g/mol. The van der Waals surface area contributed by atoms with Gasteiger partial charge in [-0.3, -0.25) is 0 Å². The summed E-state index contributed by atoms with van der Waals surface area (Å²) in [5.41, 5.74) is 3.12. The van der Waals surface area contributed by atoms with Crippen LogP contribution in [0.3, 0.4) is 0 Å². The van der Waals surface area contributed by atoms with Crippen molar-refractivity contribution in [2.24, 2.45) is 0 Å². The first-order valence-corrected chi connectivity index (χ1v) is 8.68. The summed E-state index contributed by atoms with van der Waals surface area (Å²) < 4.78 is 12.8. The summed E-state index contributed by atoms with van der Waals surface area (Å²) in [6, 6.07) is 15.7. The lowest BCUT2D eigenvalue weighted by molar-refractivity contribution is 0.174. The van der Waals surface area contributed by atoms with E-state index in [0.29, 0.717) is 23.4 Å². The molecule has 0 spiro atoms. The number of hydrogen-bond acceptors (Lipinski definition) is 3. The van der Waals surface area contributed by atoms with E-state index in [-0.39, 0.29) is 0 Å². The highest BCUT2D eigenvalue weighted by Gasteiger charge is 2.13. The zero-order valence-electron chi connectivity index (χ0n) is 13.3. The topological polar surface area (TPSA) is 35.4 Å². The molecule has 128 valence electrons. The van der Waals surface area contributed by atoms with E-state index in [1.165, 1.54) is 0 Å². The van der Waals surface area contributed by atoms with Gasteiger partial charge >= 0.3 is 0 Å². The predicted octanol–water partition coefficient (Wildman–Crippen LogP) is 4.80. The van der Waals surface area contributed by atoms with E-state index in [9.17, 15) is 0 Å². The Morgan fingerprint density at radius 1 is 0.960 bits per heavy atom. The molecule has 4 rings (SSSR count). The number of benzene rings is 2. The number of hydrogen-bond donors (Lipinski definition) is 1. The van der Waals surface area contributed by atoms with Crippen molar-refractivity contribution in [3.05, 3.63) is 76.0 Å². The van der Waals surface area contributed by atoms with Gasteiger partial charge in [-0.15, -0.1) is 0 Å². The SMILES string of the molecule is Clc1cccc(-n2cccc2CNCc2ccc3c(c2)OCO3)c1Cl. The molecule has 0 unspecified atom stereocenters. The van der Waals surface area contributed by atoms with Crippen LogP contribution in [0.4, 0.5) is 0 Å². The Kier molecular flexibility index (Phi) is 4.57. The molecule has 0 saturated heterocycles. The summed E-state index contributed by atoms with van der Waals surface area (Å²) in [5, 5.41) is 4.55. The van der Waals surface area contributed by atoms with Gasteiger partial charge in [-0.05, 0) is 42.0 Å². The third-order valence-electron chi connectivity index (χ3n) is 4.10. The van der Waals surface area contributed by atoms with E-state index in [1.807, 2.05) is 47.2 Å². The molecule has 0 radical (unpaired) electrons. The maximum Gasteiger partial charge on any atom is 0.231 e. The van der Waals surface area contributed by atoms with Gasteiger partial charge in [0.1, 0.15) is 0 Å². The van der Waals surface area contributed by atoms with Gasteiger partial charge in [0.05, 0.1) is 15.7 Å². The number of ether oxygens (including phenoxy) is 2. The molecule has 0 amide bonds. The molecule has 6 heteroatoms. The first-order valence-electron chi connectivity index (χ1n) is 7.92. The molecule has 1 aliphatic rings. The summed E-state index contributed by atoms with van der Waals surface area (Å²) in [6.45, 7) is 1.72. The predicted molar refractivity (Wildman–Crippen MR) is 98.9 cm³/mol. The lowest BCUT2D eigenvalue weighted by Crippen LogP contribution is -2.15. The van der Waals surface area contributed by atoms with Gasteiger partial charge in [0, 0.05) is 25.0 Å². The maximum atomic E-state index is 6.34. The largest absolute Gasteiger partial charge is 0.454 e. The third kappa shape index (κ3) is 3.33. The van der Waals surface area contributed by atoms with Crippen molar-refractivity contribution in [3.8, 4) is 17.2 Å². The van der Waals surface area contributed by atoms with Crippen LogP contribution < -0.4 is 14.8 Å². The van der Waals surface area contributed by atoms with Crippen LogP contribution >= 0.6 is 23.2 Å². The van der Waals surface area contributed by atoms with Crippen LogP contribution in [0.5, 0.6) is 11.5 Å². The summed E-state index contributed by atoms with van der Waals surface area (Å²) >= 11 is 12.5. The molecule has 0 bridgehead atoms. The quantitative estimate of drug-likeness (QED) is 0.696. The molecule has 3 aromatic rings. The van der Waals surface area contributed by atoms with Gasteiger partial charge in [0.15, 0.2) is 11.5 Å². The van der Waals surface area contributed by atoms with Gasteiger partial charge < -0.3 is 19.4 Å². The third-order valence-corrected chi connectivity index (χ3v) is 4.91. The van der Waals surface area contributed by atoms with Crippen LogP contribution in [0.15, 0.2) is 54.7 Å². The van der Waals surface area contributed by atoms with Crippen molar-refractivity contribution >= 4 is 23.2 Å². The lowest BCUT2D eigenvalue weighted by atomic mass is 10.2. The Balaban J connectivity index is 1.46. The lowest BCUT2D eigenvalue weighted by Gasteiger charge is -2.13. The Morgan fingerprint density at radius 3 is 2.76 bits per heavy atom. The van der Waals surface area contributed by atoms with Crippen molar-refractivity contribution in [2.75, 3.05) is 6.79 Å². The first-order chi connectivity index (χ1) is 12.2. The minimum atomic E-state index is 0.292. The van der Waals surface area contributed by atoms with Crippen LogP contribution in [-0.4, -0.2) is 11.4 Å². The van der Waals surface area contributed by atoms with Gasteiger partial charge in [0.2, 0.25) is 6.79 Å². The molecule has 2 aromatic carbocycles. The molecule has 0 saturated carbocycles. The highest BCUT2D eigenvalue weighted by atomic mass is 35.5. The van der Waals surface area contributed by atoms with E-state index in [1.54, 1.807) is 6.07 Å². The average Bonchev–Trinajstić information content (AvgIpc) is 3.26. The van der Waals surface area contributed by atoms with Crippen LogP contribution in [0.2, 0.25) is 10.0 Å². The van der Waals surface area contributed by atoms with Gasteiger partial charge in [-0.25, -0.2) is 0 Å². The summed E-state index contributed by atoms with van der Waals surface area (Å²) in [5.74, 6) is 1.60. The van der Waals surface area contributed by atoms with Crippen molar-refractivity contribution in [3.63, 3.8) is 0 Å². The Morgan fingerprint density at radius 2 is 1.84 bits per heavy atom. The smallest absolute Gasteiger partial charge is 0.231 e. The van der Waals surface area contributed by atoms with Crippen LogP contribution in [0.1, 0.15) is 11.3 Å². The Labute approximate surface area is 155 Å². The maximum absolute atomic E-state index is 6.34. The van der Waals surface area contributed by atoms with Crippen molar-refractivity contribution in [1.82, 2.24) is 9.88 Å². The fraction of sp³-hybridized carbons (Fsp3) is 0.158. The number of fused-ring (bicyclic) bond motifs is 1. The summed E-state index contributed by atoms with van der Waals surface area (Å²) in [7, 11) is 0. The van der Waals surface area contributed by atoms with E-state index in [0.717, 1.165) is 35.0 Å². The first kappa shape index (κ1) is 16.3. The summed E-state index contributed by atoms with van der Waals surface area (Å²) in [4.78, 5) is 0. The normalized spacial score (nSPS) is 12.6. The fourth-order valence-corrected chi connectivity index (χ4v) is 3.25. The monoisotopic (exact) mass is 374 g/mol. The zero-order chi connectivity index (χ0) is 17.2. The minimum absolute atomic E-state index is 0.292. The van der Waals surface area contributed by atoms with Crippen LogP contribution in [0.25, 0.3) is 5.69 Å². The molecule has 0 atom stereocenters. The second-order valence-corrected chi connectivity index (χ2v) is 6.52. The van der Waals surface area contributed by atoms with E-state index >= 15 is 0 Å². The van der Waals surface area contributed by atoms with Crippen molar-refractivity contribution in [2.45, 2.75) is 13.1 Å². The van der Waals surface area contributed by atoms with Crippen molar-refractivity contribution < 1.29 is 9.47 Å². The molecule has 1 aliphatic heterocycles. The number of nitrogens with zero attached hydrogens (tertiary/aromatic N) is 1. The molecular formula is C19H16Cl2N2O2. The standard InChI is InChI=1S/C19H16Cl2N2O2/c20-15-4-1-5-16(19(15)21)23-8-2-3-14(23)11-22-10-13-6-7-17-18(9-13)25-12-24-17/h1-9,22H,10-12H2. The minimum Gasteiger partial charge on any atom is -0.454 e. The molecule has 1 N–H and O–H groups in total. The van der Waals surface area contributed by atoms with Gasteiger partial charge in [-0.1, -0.05) is 35.3 Å². The number of halogens is 2. The van der Waals surface area contributed by atoms with Crippen molar-refractivity contribution in [1.29, 1.82) is 0 Å².